The summed E-state index contributed by atoms with van der Waals surface area (Å²) in [5.41, 5.74) is 5.12. The van der Waals surface area contributed by atoms with E-state index in [1.165, 1.54) is 6.66 Å². The molecular formula is C2H6NO2PS. The Morgan fingerprint density at radius 3 is 2.43 bits per heavy atom. The second-order valence-electron chi connectivity index (χ2n) is 1.11. The molecule has 42 valence electrons. The van der Waals surface area contributed by atoms with Gasteiger partial charge >= 0.3 is 0 Å². The minimum Gasteiger partial charge on any atom is -0.426 e. The minimum atomic E-state index is -2.20. The first kappa shape index (κ1) is 7.08. The molecule has 0 aromatic heterocycles. The first-order valence-electron chi connectivity index (χ1n) is 1.54. The van der Waals surface area contributed by atoms with Crippen LogP contribution in [0.1, 0.15) is 0 Å². The van der Waals surface area contributed by atoms with Gasteiger partial charge in [-0.15, -0.1) is 0 Å². The van der Waals surface area contributed by atoms with Crippen LogP contribution in [0.4, 0.5) is 0 Å². The van der Waals surface area contributed by atoms with Crippen molar-refractivity contribution in [1.29, 1.82) is 0 Å². The topological polar surface area (TPSA) is 52.3 Å². The van der Waals surface area contributed by atoms with Crippen molar-refractivity contribution in [3.63, 3.8) is 0 Å². The first-order chi connectivity index (χ1) is 3.06. The van der Waals surface area contributed by atoms with Gasteiger partial charge in [0.15, 0.2) is 6.42 Å². The fourth-order valence-electron chi connectivity index (χ4n) is 0.0854. The molecule has 5 heteroatoms. The van der Waals surface area contributed by atoms with Crippen LogP contribution in [-0.2, 0) is 21.1 Å². The quantitative estimate of drug-likeness (QED) is 0.434. The van der Waals surface area contributed by atoms with Crippen molar-refractivity contribution in [1.82, 2.24) is 0 Å². The fourth-order valence-corrected chi connectivity index (χ4v) is 0.362. The monoisotopic (exact) mass is 139 g/mol. The van der Waals surface area contributed by atoms with Gasteiger partial charge in [0.2, 0.25) is 0 Å². The van der Waals surface area contributed by atoms with E-state index in [1.54, 1.807) is 0 Å². The number of hydrogen-bond acceptors (Lipinski definition) is 3. The Morgan fingerprint density at radius 2 is 2.43 bits per heavy atom. The number of carbonyl (C=O) groups excluding carboxylic acids is 1. The highest BCUT2D eigenvalue weighted by Crippen LogP contribution is 2.30. The molecule has 0 aliphatic rings. The maximum Gasteiger partial charge on any atom is 0.297 e. The Kier molecular flexibility index (Phi) is 2.43. The Morgan fingerprint density at radius 1 is 2.00 bits per heavy atom. The van der Waals surface area contributed by atoms with Crippen LogP contribution in [0.3, 0.4) is 0 Å². The summed E-state index contributed by atoms with van der Waals surface area (Å²) in [6.45, 7) is 1.80. The summed E-state index contributed by atoms with van der Waals surface area (Å²) >= 11 is 4.52. The van der Waals surface area contributed by atoms with Crippen LogP contribution in [0.25, 0.3) is 0 Å². The zero-order chi connectivity index (χ0) is 5.91. The Bertz CT molecular complexity index is 108. The smallest absolute Gasteiger partial charge is 0.297 e. The highest BCUT2D eigenvalue weighted by atomic mass is 32.4. The largest absolute Gasteiger partial charge is 0.426 e. The molecule has 0 bridgehead atoms. The molecule has 0 radical (unpaired) electrons. The van der Waals surface area contributed by atoms with Gasteiger partial charge in [0, 0.05) is 6.66 Å². The van der Waals surface area contributed by atoms with Crippen molar-refractivity contribution in [2.24, 2.45) is 5.50 Å². The van der Waals surface area contributed by atoms with Crippen LogP contribution >= 0.6 is 6.42 Å². The van der Waals surface area contributed by atoms with E-state index in [4.69, 9.17) is 5.50 Å². The van der Waals surface area contributed by atoms with Crippen molar-refractivity contribution in [2.45, 2.75) is 0 Å². The highest BCUT2D eigenvalue weighted by molar-refractivity contribution is 8.10. The first-order valence-corrected chi connectivity index (χ1v) is 4.78. The lowest BCUT2D eigenvalue weighted by atomic mass is 11.7. The Labute approximate surface area is 47.0 Å². The van der Waals surface area contributed by atoms with Gasteiger partial charge in [-0.25, -0.2) is 0 Å². The van der Waals surface area contributed by atoms with Crippen molar-refractivity contribution in [2.75, 3.05) is 6.66 Å². The normalized spacial score (nSPS) is 17.4. The third-order valence-corrected chi connectivity index (χ3v) is 1.02. The molecule has 3 nitrogen and oxygen atoms in total. The summed E-state index contributed by atoms with van der Waals surface area (Å²) in [6, 6.07) is 0. The van der Waals surface area contributed by atoms with Gasteiger partial charge in [0.1, 0.15) is 0 Å². The number of rotatable bonds is 2. The molecule has 0 aromatic rings. The molecule has 7 heavy (non-hydrogen) atoms. The van der Waals surface area contributed by atoms with Crippen LogP contribution in [0.2, 0.25) is 0 Å². The highest BCUT2D eigenvalue weighted by Gasteiger charge is 1.97. The molecule has 1 atom stereocenters. The van der Waals surface area contributed by atoms with Crippen molar-refractivity contribution in [3.05, 3.63) is 0 Å². The van der Waals surface area contributed by atoms with E-state index in [9.17, 15) is 4.79 Å². The van der Waals surface area contributed by atoms with E-state index < -0.39 is 6.42 Å². The summed E-state index contributed by atoms with van der Waals surface area (Å²) in [7, 11) is 0. The number of carbonyl (C=O) groups is 1. The predicted octanol–water partition coefficient (Wildman–Crippen LogP) is 0.0574. The SMILES string of the molecule is CP(N)(=S)OC=O. The van der Waals surface area contributed by atoms with Gasteiger partial charge in [-0.1, -0.05) is 0 Å². The van der Waals surface area contributed by atoms with E-state index in [0.717, 1.165) is 0 Å². The van der Waals surface area contributed by atoms with E-state index in [1.807, 2.05) is 0 Å². The molecule has 2 N–H and O–H groups in total. The van der Waals surface area contributed by atoms with Gasteiger partial charge < -0.3 is 4.52 Å². The number of nitrogens with two attached hydrogens (primary N) is 1. The molecule has 0 fully saturated rings. The minimum absolute atomic E-state index is 0.279. The molecule has 0 spiro atoms. The standard InChI is InChI=1S/C2H6NO2PS/c1-6(3,7)5-2-4/h2H,1H3,(H2,3,7). The molecule has 0 heterocycles. The summed E-state index contributed by atoms with van der Waals surface area (Å²) in [5.74, 6) is 0. The Hall–Kier alpha value is 0.0800. The van der Waals surface area contributed by atoms with Crippen LogP contribution < -0.4 is 5.50 Å². The van der Waals surface area contributed by atoms with E-state index in [2.05, 4.69) is 16.3 Å². The van der Waals surface area contributed by atoms with E-state index in [-0.39, 0.29) is 6.47 Å². The lowest BCUT2D eigenvalue weighted by molar-refractivity contribution is -0.120. The third kappa shape index (κ3) is 6.08. The van der Waals surface area contributed by atoms with Gasteiger partial charge in [-0.3, -0.25) is 10.3 Å². The van der Waals surface area contributed by atoms with Crippen LogP contribution in [0.5, 0.6) is 0 Å². The van der Waals surface area contributed by atoms with Crippen molar-refractivity contribution >= 4 is 24.7 Å². The van der Waals surface area contributed by atoms with Gasteiger partial charge in [0.05, 0.1) is 0 Å². The van der Waals surface area contributed by atoms with Crippen molar-refractivity contribution < 1.29 is 9.32 Å². The van der Waals surface area contributed by atoms with Gasteiger partial charge in [0.25, 0.3) is 6.47 Å². The average Bonchev–Trinajstić information content (AvgIpc) is 1.30. The van der Waals surface area contributed by atoms with E-state index in [0.29, 0.717) is 0 Å². The maximum atomic E-state index is 9.48. The van der Waals surface area contributed by atoms with Crippen molar-refractivity contribution in [3.8, 4) is 0 Å². The molecule has 1 unspecified atom stereocenters. The molecule has 0 aliphatic carbocycles. The van der Waals surface area contributed by atoms with E-state index >= 15 is 0 Å². The second kappa shape index (κ2) is 2.40. The number of hydrogen-bond donors (Lipinski definition) is 1. The zero-order valence-electron chi connectivity index (χ0n) is 3.83. The molecule has 0 saturated carbocycles. The second-order valence-corrected chi connectivity index (χ2v) is 5.31. The molecule has 0 amide bonds. The Balaban J connectivity index is 3.57. The summed E-state index contributed by atoms with van der Waals surface area (Å²) in [6.07, 6.45) is -2.20. The van der Waals surface area contributed by atoms with Crippen LogP contribution in [0.15, 0.2) is 0 Å². The van der Waals surface area contributed by atoms with Gasteiger partial charge in [-0.05, 0) is 11.8 Å². The predicted molar refractivity (Wildman–Crippen MR) is 31.5 cm³/mol. The molecule has 0 rings (SSSR count). The molecule has 0 aliphatic heterocycles. The summed E-state index contributed by atoms with van der Waals surface area (Å²) in [5, 5.41) is 0. The maximum absolute atomic E-state index is 9.48. The molecule has 0 saturated heterocycles. The lowest BCUT2D eigenvalue weighted by Gasteiger charge is -2.03. The molecular weight excluding hydrogens is 133 g/mol. The molecule has 0 aromatic carbocycles. The summed E-state index contributed by atoms with van der Waals surface area (Å²) in [4.78, 5) is 9.48. The third-order valence-electron chi connectivity index (χ3n) is 0.252. The summed E-state index contributed by atoms with van der Waals surface area (Å²) < 4.78 is 4.25. The average molecular weight is 139 g/mol. The lowest BCUT2D eigenvalue weighted by Crippen LogP contribution is -1.94. The zero-order valence-corrected chi connectivity index (χ0v) is 5.54. The van der Waals surface area contributed by atoms with Crippen LogP contribution in [-0.4, -0.2) is 13.1 Å². The van der Waals surface area contributed by atoms with Gasteiger partial charge in [-0.2, -0.15) is 0 Å². The van der Waals surface area contributed by atoms with Crippen LogP contribution in [0, 0.1) is 0 Å². The fraction of sp³-hybridized carbons (Fsp3) is 0.500.